The maximum Gasteiger partial charge on any atom is 0.565 e. The second-order valence-corrected chi connectivity index (χ2v) is 16.4. The summed E-state index contributed by atoms with van der Waals surface area (Å²) in [7, 11) is -1.07. The molecule has 3 saturated heterocycles. The maximum atomic E-state index is 13.8. The Hall–Kier alpha value is -6.08. The van der Waals surface area contributed by atoms with Crippen LogP contribution < -0.4 is 22.2 Å². The fourth-order valence-electron chi connectivity index (χ4n) is 8.94. The van der Waals surface area contributed by atoms with E-state index < -0.39 is 24.6 Å². The normalized spacial score (nSPS) is 18.5. The molecule has 5 aromatic carbocycles. The zero-order valence-electron chi connectivity index (χ0n) is 34.3. The molecule has 5 aromatic rings. The number of piperidine rings is 2. The average Bonchev–Trinajstić information content (AvgIpc) is 3.65. The van der Waals surface area contributed by atoms with E-state index in [4.69, 9.17) is 20.8 Å². The summed E-state index contributed by atoms with van der Waals surface area (Å²) in [6, 6.07) is 39.8. The number of benzene rings is 5. The van der Waals surface area contributed by atoms with Crippen molar-refractivity contribution in [2.45, 2.75) is 69.1 Å². The quantitative estimate of drug-likeness (QED) is 0.134. The summed E-state index contributed by atoms with van der Waals surface area (Å²) in [5.41, 5.74) is 17.6. The molecule has 0 aromatic heterocycles. The molecule has 3 fully saturated rings. The van der Waals surface area contributed by atoms with Gasteiger partial charge in [0.15, 0.2) is 5.60 Å². The van der Waals surface area contributed by atoms with Crippen molar-refractivity contribution in [2.75, 3.05) is 31.5 Å². The number of amides is 3. The third kappa shape index (κ3) is 9.47. The van der Waals surface area contributed by atoms with Gasteiger partial charge in [0, 0.05) is 50.5 Å². The molecule has 8 rings (SSSR count). The summed E-state index contributed by atoms with van der Waals surface area (Å²) in [5, 5.41) is 2.90. The summed E-state index contributed by atoms with van der Waals surface area (Å²) < 4.78 is 12.3. The SMILES string of the molecule is NCc1cccc(C2CCN(C(=O)Cc3ccc(B4OC(=O)[C@@](CC(=O)Nc5cccc(C(=O)N6CCC(c7cccc(CN)c7)CC6)c5)(c5ccccc5)O4)cc3)CC2)c1. The number of carbonyl (C=O) groups excluding carboxylic acids is 4. The minimum Gasteiger partial charge on any atom is -0.503 e. The molecule has 0 spiro atoms. The molecular weight excluding hydrogens is 765 g/mol. The molecule has 3 heterocycles. The molecular formula is C49H52BN5O6. The molecule has 0 bridgehead atoms. The van der Waals surface area contributed by atoms with Crippen LogP contribution in [-0.4, -0.2) is 66.8 Å². The first-order valence-electron chi connectivity index (χ1n) is 21.3. The highest BCUT2D eigenvalue weighted by Crippen LogP contribution is 2.38. The van der Waals surface area contributed by atoms with Gasteiger partial charge in [-0.2, -0.15) is 0 Å². The molecule has 3 aliphatic heterocycles. The largest absolute Gasteiger partial charge is 0.565 e. The van der Waals surface area contributed by atoms with Crippen molar-refractivity contribution < 1.29 is 28.5 Å². The van der Waals surface area contributed by atoms with Crippen LogP contribution in [0.5, 0.6) is 0 Å². The summed E-state index contributed by atoms with van der Waals surface area (Å²) in [4.78, 5) is 58.3. The predicted molar refractivity (Wildman–Crippen MR) is 236 cm³/mol. The Morgan fingerprint density at radius 2 is 1.26 bits per heavy atom. The molecule has 3 amide bonds. The number of anilines is 1. The van der Waals surface area contributed by atoms with Gasteiger partial charge in [-0.3, -0.25) is 19.2 Å². The van der Waals surface area contributed by atoms with Gasteiger partial charge in [0.05, 0.1) is 12.8 Å². The Kier molecular flexibility index (Phi) is 12.8. The zero-order chi connectivity index (χ0) is 42.3. The van der Waals surface area contributed by atoms with Crippen molar-refractivity contribution in [1.82, 2.24) is 9.80 Å². The van der Waals surface area contributed by atoms with Crippen molar-refractivity contribution in [2.24, 2.45) is 11.5 Å². The first-order chi connectivity index (χ1) is 29.7. The number of carbonyl (C=O) groups is 4. The smallest absolute Gasteiger partial charge is 0.503 e. The van der Waals surface area contributed by atoms with Gasteiger partial charge in [-0.25, -0.2) is 0 Å². The van der Waals surface area contributed by atoms with Gasteiger partial charge >= 0.3 is 13.1 Å². The highest BCUT2D eigenvalue weighted by Gasteiger charge is 2.55. The molecule has 5 N–H and O–H groups in total. The van der Waals surface area contributed by atoms with Crippen molar-refractivity contribution in [3.63, 3.8) is 0 Å². The summed E-state index contributed by atoms with van der Waals surface area (Å²) in [6.45, 7) is 3.66. The van der Waals surface area contributed by atoms with E-state index in [0.717, 1.165) is 42.4 Å². The number of hydrogen-bond acceptors (Lipinski definition) is 8. The van der Waals surface area contributed by atoms with E-state index in [2.05, 4.69) is 35.6 Å². The van der Waals surface area contributed by atoms with Crippen LogP contribution in [0.25, 0.3) is 0 Å². The Balaban J connectivity index is 0.881. The Morgan fingerprint density at radius 1 is 0.672 bits per heavy atom. The van der Waals surface area contributed by atoms with Gasteiger partial charge in [-0.1, -0.05) is 109 Å². The van der Waals surface area contributed by atoms with Gasteiger partial charge < -0.3 is 35.9 Å². The van der Waals surface area contributed by atoms with E-state index in [1.54, 1.807) is 60.7 Å². The molecule has 0 saturated carbocycles. The lowest BCUT2D eigenvalue weighted by Crippen LogP contribution is -2.40. The minimum absolute atomic E-state index is 0.0693. The number of hydrogen-bond donors (Lipinski definition) is 3. The van der Waals surface area contributed by atoms with Crippen molar-refractivity contribution >= 4 is 42.0 Å². The lowest BCUT2D eigenvalue weighted by Gasteiger charge is -2.32. The molecule has 11 nitrogen and oxygen atoms in total. The first-order valence-corrected chi connectivity index (χ1v) is 21.3. The lowest BCUT2D eigenvalue weighted by molar-refractivity contribution is -0.146. The van der Waals surface area contributed by atoms with Crippen LogP contribution in [0.1, 0.15) is 87.7 Å². The van der Waals surface area contributed by atoms with E-state index in [0.29, 0.717) is 73.4 Å². The zero-order valence-corrected chi connectivity index (χ0v) is 34.3. The van der Waals surface area contributed by atoms with Gasteiger partial charge in [0.1, 0.15) is 0 Å². The minimum atomic E-state index is -1.72. The number of nitrogens with one attached hydrogen (secondary N) is 1. The van der Waals surface area contributed by atoms with Gasteiger partial charge in [0.25, 0.3) is 5.91 Å². The molecule has 1 atom stereocenters. The Bertz CT molecular complexity index is 2360. The van der Waals surface area contributed by atoms with Crippen LogP contribution in [0, 0.1) is 0 Å². The average molecular weight is 818 g/mol. The molecule has 61 heavy (non-hydrogen) atoms. The van der Waals surface area contributed by atoms with E-state index in [1.807, 2.05) is 46.2 Å². The third-order valence-corrected chi connectivity index (χ3v) is 12.4. The highest BCUT2D eigenvalue weighted by atomic mass is 16.7. The Morgan fingerprint density at radius 3 is 1.87 bits per heavy atom. The molecule has 312 valence electrons. The van der Waals surface area contributed by atoms with E-state index in [9.17, 15) is 19.2 Å². The summed E-state index contributed by atoms with van der Waals surface area (Å²) >= 11 is 0. The van der Waals surface area contributed by atoms with Crippen LogP contribution in [0.2, 0.25) is 0 Å². The van der Waals surface area contributed by atoms with Crippen molar-refractivity contribution in [3.8, 4) is 0 Å². The fourth-order valence-corrected chi connectivity index (χ4v) is 8.94. The van der Waals surface area contributed by atoms with Crippen LogP contribution >= 0.6 is 0 Å². The van der Waals surface area contributed by atoms with Crippen LogP contribution in [0.4, 0.5) is 5.69 Å². The van der Waals surface area contributed by atoms with Gasteiger partial charge in [0.2, 0.25) is 11.8 Å². The maximum absolute atomic E-state index is 13.8. The molecule has 12 heteroatoms. The van der Waals surface area contributed by atoms with Crippen LogP contribution in [-0.2, 0) is 48.8 Å². The third-order valence-electron chi connectivity index (χ3n) is 12.4. The van der Waals surface area contributed by atoms with E-state index in [1.165, 1.54) is 11.1 Å². The second-order valence-electron chi connectivity index (χ2n) is 16.4. The molecule has 0 unspecified atom stereocenters. The van der Waals surface area contributed by atoms with E-state index >= 15 is 0 Å². The monoisotopic (exact) mass is 817 g/mol. The lowest BCUT2D eigenvalue weighted by atomic mass is 9.78. The van der Waals surface area contributed by atoms with Crippen molar-refractivity contribution in [3.05, 3.63) is 166 Å². The van der Waals surface area contributed by atoms with Gasteiger partial charge in [-0.05, 0) is 94.6 Å². The number of likely N-dealkylation sites (tertiary alicyclic amines) is 2. The number of nitrogens with zero attached hydrogens (tertiary/aromatic N) is 2. The Labute approximate surface area is 357 Å². The summed E-state index contributed by atoms with van der Waals surface area (Å²) in [5.74, 6) is -0.418. The summed E-state index contributed by atoms with van der Waals surface area (Å²) in [6.07, 6.45) is 3.41. The van der Waals surface area contributed by atoms with E-state index in [-0.39, 0.29) is 24.7 Å². The van der Waals surface area contributed by atoms with Gasteiger partial charge in [-0.15, -0.1) is 0 Å². The van der Waals surface area contributed by atoms with Crippen LogP contribution in [0.15, 0.2) is 127 Å². The predicted octanol–water partition coefficient (Wildman–Crippen LogP) is 5.77. The molecule has 0 radical (unpaired) electrons. The molecule has 0 aliphatic carbocycles. The fraction of sp³-hybridized carbons (Fsp3) is 0.306. The van der Waals surface area contributed by atoms with Crippen molar-refractivity contribution in [1.29, 1.82) is 0 Å². The first kappa shape index (κ1) is 41.7. The standard InChI is InChI=1S/C49H52BN5O6/c51-32-35-7-4-9-39(27-35)37-19-23-54(24-20-37)46(57)29-34-15-17-43(18-16-34)50-60-48(59)49(61-50,42-12-2-1-3-13-42)31-45(56)53-44-14-6-11-41(30-44)47(58)55-25-21-38(22-26-55)40-10-5-8-36(28-40)33-52/h1-18,27-28,30,37-38H,19-26,29,31-33,51-52H2,(H,53,56)/t49-/m1/s1. The number of rotatable bonds is 12. The highest BCUT2D eigenvalue weighted by molar-refractivity contribution is 6.64. The number of nitrogens with two attached hydrogens (primary N) is 2. The topological polar surface area (TPSA) is 157 Å². The van der Waals surface area contributed by atoms with Crippen LogP contribution in [0.3, 0.4) is 0 Å². The second kappa shape index (κ2) is 18.7. The molecule has 3 aliphatic rings.